The van der Waals surface area contributed by atoms with Crippen molar-refractivity contribution in [3.05, 3.63) is 0 Å². The van der Waals surface area contributed by atoms with Gasteiger partial charge in [-0.25, -0.2) is 4.79 Å². The van der Waals surface area contributed by atoms with Crippen molar-refractivity contribution in [2.45, 2.75) is 57.5 Å². The van der Waals surface area contributed by atoms with Gasteiger partial charge in [0.05, 0.1) is 0 Å². The summed E-state index contributed by atoms with van der Waals surface area (Å²) in [5.74, 6) is -0.130. The zero-order chi connectivity index (χ0) is 14.5. The lowest BCUT2D eigenvalue weighted by Gasteiger charge is -2.30. The summed E-state index contributed by atoms with van der Waals surface area (Å²) in [6.45, 7) is 6.49. The molecule has 0 atom stereocenters. The number of halogens is 1. The van der Waals surface area contributed by atoms with Crippen molar-refractivity contribution < 1.29 is 9.59 Å². The van der Waals surface area contributed by atoms with Crippen LogP contribution in [0, 0.1) is 0 Å². The highest BCUT2D eigenvalue weighted by molar-refractivity contribution is 5.91. The van der Waals surface area contributed by atoms with Gasteiger partial charge in [-0.1, -0.05) is 12.8 Å². The smallest absolute Gasteiger partial charge is 0.315 e. The summed E-state index contributed by atoms with van der Waals surface area (Å²) in [6, 6.07) is -0.286. The van der Waals surface area contributed by atoms with E-state index < -0.39 is 11.1 Å². The van der Waals surface area contributed by atoms with Crippen molar-refractivity contribution in [1.82, 2.24) is 16.0 Å². The summed E-state index contributed by atoms with van der Waals surface area (Å²) >= 11 is 0. The Kier molecular flexibility index (Phi) is 7.30. The summed E-state index contributed by atoms with van der Waals surface area (Å²) < 4.78 is 0. The molecule has 1 rings (SSSR count). The fourth-order valence-corrected chi connectivity index (χ4v) is 2.29. The predicted octanol–water partition coefficient (Wildman–Crippen LogP) is 0.894. The van der Waals surface area contributed by atoms with E-state index in [9.17, 15) is 9.59 Å². The molecule has 1 aliphatic carbocycles. The first-order valence-electron chi connectivity index (χ1n) is 6.92. The maximum atomic E-state index is 12.3. The monoisotopic (exact) mass is 306 g/mol. The molecule has 118 valence electrons. The summed E-state index contributed by atoms with van der Waals surface area (Å²) in [6.07, 6.45) is 3.26. The van der Waals surface area contributed by atoms with Gasteiger partial charge in [-0.2, -0.15) is 0 Å². The lowest BCUT2D eigenvalue weighted by molar-refractivity contribution is -0.127. The zero-order valence-electron chi connectivity index (χ0n) is 12.5. The summed E-state index contributed by atoms with van der Waals surface area (Å²) in [7, 11) is 0. The third kappa shape index (κ3) is 5.54. The average molecular weight is 307 g/mol. The van der Waals surface area contributed by atoms with Crippen molar-refractivity contribution in [2.75, 3.05) is 13.1 Å². The predicted molar refractivity (Wildman–Crippen MR) is 81.9 cm³/mol. The van der Waals surface area contributed by atoms with Crippen LogP contribution in [0.15, 0.2) is 0 Å². The van der Waals surface area contributed by atoms with Gasteiger partial charge < -0.3 is 21.7 Å². The van der Waals surface area contributed by atoms with Gasteiger partial charge in [0.15, 0.2) is 0 Å². The molecule has 0 saturated heterocycles. The van der Waals surface area contributed by atoms with E-state index >= 15 is 0 Å². The van der Waals surface area contributed by atoms with E-state index in [4.69, 9.17) is 5.73 Å². The molecular formula is C13H27ClN4O2. The Morgan fingerprint density at radius 2 is 1.75 bits per heavy atom. The van der Waals surface area contributed by atoms with Gasteiger partial charge in [-0.05, 0) is 33.6 Å². The fraction of sp³-hybridized carbons (Fsp3) is 0.846. The summed E-state index contributed by atoms with van der Waals surface area (Å²) in [4.78, 5) is 24.0. The first kappa shape index (κ1) is 19.0. The van der Waals surface area contributed by atoms with Crippen LogP contribution in [0.3, 0.4) is 0 Å². The Hall–Kier alpha value is -1.01. The van der Waals surface area contributed by atoms with Crippen LogP contribution in [0.5, 0.6) is 0 Å². The van der Waals surface area contributed by atoms with Gasteiger partial charge in [0.2, 0.25) is 5.91 Å². The van der Waals surface area contributed by atoms with Crippen molar-refractivity contribution in [2.24, 2.45) is 5.73 Å². The summed E-state index contributed by atoms with van der Waals surface area (Å²) in [5.41, 5.74) is 4.63. The minimum Gasteiger partial charge on any atom is -0.352 e. The van der Waals surface area contributed by atoms with E-state index in [0.717, 1.165) is 12.8 Å². The number of carbonyl (C=O) groups is 2. The van der Waals surface area contributed by atoms with Gasteiger partial charge in [0, 0.05) is 18.6 Å². The molecule has 0 aromatic rings. The molecule has 20 heavy (non-hydrogen) atoms. The zero-order valence-corrected chi connectivity index (χ0v) is 13.4. The van der Waals surface area contributed by atoms with E-state index in [1.165, 1.54) is 0 Å². The topological polar surface area (TPSA) is 96.2 Å². The largest absolute Gasteiger partial charge is 0.352 e. The minimum absolute atomic E-state index is 0. The third-order valence-electron chi connectivity index (χ3n) is 3.29. The van der Waals surface area contributed by atoms with Crippen LogP contribution in [-0.2, 0) is 4.79 Å². The molecule has 0 aromatic heterocycles. The van der Waals surface area contributed by atoms with Crippen molar-refractivity contribution in [3.63, 3.8) is 0 Å². The Morgan fingerprint density at radius 1 is 1.20 bits per heavy atom. The van der Waals surface area contributed by atoms with Gasteiger partial charge in [-0.15, -0.1) is 12.4 Å². The van der Waals surface area contributed by atoms with Crippen LogP contribution in [0.4, 0.5) is 4.79 Å². The first-order valence-corrected chi connectivity index (χ1v) is 6.92. The highest BCUT2D eigenvalue weighted by atomic mass is 35.5. The normalized spacial score (nSPS) is 17.0. The van der Waals surface area contributed by atoms with E-state index in [1.54, 1.807) is 0 Å². The highest BCUT2D eigenvalue weighted by Crippen LogP contribution is 2.29. The molecule has 3 amide bonds. The molecule has 5 N–H and O–H groups in total. The van der Waals surface area contributed by atoms with Crippen LogP contribution in [0.1, 0.15) is 46.5 Å². The SMILES string of the molecule is CCNC(=O)NC1(C(=O)NCC(C)(C)N)CCCC1.Cl. The second kappa shape index (κ2) is 7.69. The van der Waals surface area contributed by atoms with E-state index in [1.807, 2.05) is 20.8 Å². The van der Waals surface area contributed by atoms with Gasteiger partial charge >= 0.3 is 6.03 Å². The van der Waals surface area contributed by atoms with Crippen molar-refractivity contribution in [1.29, 1.82) is 0 Å². The molecule has 1 saturated carbocycles. The molecule has 0 heterocycles. The number of nitrogens with two attached hydrogens (primary N) is 1. The number of hydrogen-bond donors (Lipinski definition) is 4. The number of carbonyl (C=O) groups excluding carboxylic acids is 2. The number of urea groups is 1. The minimum atomic E-state index is -0.773. The third-order valence-corrected chi connectivity index (χ3v) is 3.29. The van der Waals surface area contributed by atoms with Crippen LogP contribution in [0.2, 0.25) is 0 Å². The van der Waals surface area contributed by atoms with Crippen LogP contribution < -0.4 is 21.7 Å². The quantitative estimate of drug-likeness (QED) is 0.607. The molecule has 0 aliphatic heterocycles. The highest BCUT2D eigenvalue weighted by Gasteiger charge is 2.42. The van der Waals surface area contributed by atoms with Crippen LogP contribution >= 0.6 is 12.4 Å². The molecule has 0 unspecified atom stereocenters. The van der Waals surface area contributed by atoms with Crippen molar-refractivity contribution in [3.8, 4) is 0 Å². The standard InChI is InChI=1S/C13H26N4O2.ClH/c1-4-15-11(19)17-13(7-5-6-8-13)10(18)16-9-12(2,3)14;/h4-9,14H2,1-3H3,(H,16,18)(H2,15,17,19);1H. The number of hydrogen-bond acceptors (Lipinski definition) is 3. The van der Waals surface area contributed by atoms with Crippen molar-refractivity contribution >= 4 is 24.3 Å². The van der Waals surface area contributed by atoms with Crippen LogP contribution in [-0.4, -0.2) is 36.1 Å². The van der Waals surface area contributed by atoms with Gasteiger partial charge in [-0.3, -0.25) is 4.79 Å². The molecule has 0 radical (unpaired) electrons. The van der Waals surface area contributed by atoms with E-state index in [-0.39, 0.29) is 24.3 Å². The molecular weight excluding hydrogens is 280 g/mol. The second-order valence-corrected chi connectivity index (χ2v) is 5.94. The fourth-order valence-electron chi connectivity index (χ4n) is 2.29. The first-order chi connectivity index (χ1) is 8.79. The maximum absolute atomic E-state index is 12.3. The lowest BCUT2D eigenvalue weighted by atomic mass is 9.95. The Labute approximate surface area is 127 Å². The second-order valence-electron chi connectivity index (χ2n) is 5.94. The molecule has 6 nitrogen and oxygen atoms in total. The molecule has 1 aliphatic rings. The van der Waals surface area contributed by atoms with Gasteiger partial charge in [0.1, 0.15) is 5.54 Å². The van der Waals surface area contributed by atoms with Crippen LogP contribution in [0.25, 0.3) is 0 Å². The van der Waals surface area contributed by atoms with E-state index in [2.05, 4.69) is 16.0 Å². The number of nitrogens with one attached hydrogen (secondary N) is 3. The average Bonchev–Trinajstić information content (AvgIpc) is 2.75. The number of amides is 3. The molecule has 0 aromatic carbocycles. The Balaban J connectivity index is 0.00000361. The van der Waals surface area contributed by atoms with Gasteiger partial charge in [0.25, 0.3) is 0 Å². The molecule has 0 bridgehead atoms. The molecule has 0 spiro atoms. The number of rotatable bonds is 5. The summed E-state index contributed by atoms with van der Waals surface area (Å²) in [5, 5.41) is 8.34. The lowest BCUT2D eigenvalue weighted by Crippen LogP contribution is -2.61. The Bertz CT molecular complexity index is 336. The van der Waals surface area contributed by atoms with E-state index in [0.29, 0.717) is 25.9 Å². The Morgan fingerprint density at radius 3 is 2.20 bits per heavy atom. The maximum Gasteiger partial charge on any atom is 0.315 e. The molecule has 1 fully saturated rings. The molecule has 7 heteroatoms.